The van der Waals surface area contributed by atoms with Crippen LogP contribution in [0.25, 0.3) is 10.9 Å². The number of carbonyl (C=O) groups is 2. The molecular weight excluding hydrogens is 518 g/mol. The van der Waals surface area contributed by atoms with Gasteiger partial charge in [-0.1, -0.05) is 12.1 Å². The van der Waals surface area contributed by atoms with E-state index in [-0.39, 0.29) is 12.5 Å². The summed E-state index contributed by atoms with van der Waals surface area (Å²) in [7, 11) is 2.93. The van der Waals surface area contributed by atoms with Crippen LogP contribution in [0.2, 0.25) is 0 Å². The number of fused-ring (bicyclic) bond motifs is 1. The lowest BCUT2D eigenvalue weighted by Gasteiger charge is -2.40. The molecule has 0 radical (unpaired) electrons. The molecule has 40 heavy (non-hydrogen) atoms. The van der Waals surface area contributed by atoms with Gasteiger partial charge in [0.25, 0.3) is 5.92 Å². The number of halogens is 2. The number of hydrogen-bond acceptors (Lipinski definition) is 6. The normalized spacial score (nSPS) is 22.4. The molecule has 7 nitrogen and oxygen atoms in total. The Balaban J connectivity index is 1.53. The van der Waals surface area contributed by atoms with E-state index in [1.165, 1.54) is 11.7 Å². The van der Waals surface area contributed by atoms with E-state index >= 15 is 0 Å². The zero-order valence-electron chi connectivity index (χ0n) is 23.8. The molecule has 1 aliphatic heterocycles. The molecule has 0 bridgehead atoms. The number of hydrogen-bond donors (Lipinski definition) is 0. The summed E-state index contributed by atoms with van der Waals surface area (Å²) in [5, 5.41) is 0.847. The Morgan fingerprint density at radius 2 is 1.77 bits per heavy atom. The minimum absolute atomic E-state index is 0.0958. The van der Waals surface area contributed by atoms with Gasteiger partial charge in [0.15, 0.2) is 0 Å². The van der Waals surface area contributed by atoms with Crippen LogP contribution >= 0.6 is 0 Å². The molecule has 5 rings (SSSR count). The van der Waals surface area contributed by atoms with Crippen molar-refractivity contribution < 1.29 is 32.6 Å². The lowest BCUT2D eigenvalue weighted by Crippen LogP contribution is -2.39. The van der Waals surface area contributed by atoms with Crippen molar-refractivity contribution in [1.82, 2.24) is 9.47 Å². The average Bonchev–Trinajstić information content (AvgIpc) is 3.21. The van der Waals surface area contributed by atoms with Gasteiger partial charge in [0.2, 0.25) is 0 Å². The van der Waals surface area contributed by atoms with Crippen molar-refractivity contribution >= 4 is 23.0 Å². The third-order valence-electron chi connectivity index (χ3n) is 8.23. The number of nitrogens with zero attached hydrogens (tertiary/aromatic N) is 2. The molecule has 2 aliphatic rings. The van der Waals surface area contributed by atoms with Crippen molar-refractivity contribution in [2.75, 3.05) is 20.8 Å². The molecule has 3 aromatic rings. The van der Waals surface area contributed by atoms with E-state index in [1.807, 2.05) is 52.0 Å². The number of benzene rings is 2. The molecule has 9 heteroatoms. The van der Waals surface area contributed by atoms with Crippen molar-refractivity contribution in [2.45, 2.75) is 71.1 Å². The van der Waals surface area contributed by atoms with Crippen molar-refractivity contribution in [2.24, 2.45) is 5.41 Å². The van der Waals surface area contributed by atoms with Crippen LogP contribution in [0, 0.1) is 12.3 Å². The predicted octanol–water partition coefficient (Wildman–Crippen LogP) is 6.89. The summed E-state index contributed by atoms with van der Waals surface area (Å²) in [6, 6.07) is 10.5. The molecular formula is C31H36F2N2O5. The molecule has 0 N–H and O–H groups in total. The van der Waals surface area contributed by atoms with Gasteiger partial charge >= 0.3 is 12.1 Å². The molecule has 1 aliphatic carbocycles. The van der Waals surface area contributed by atoms with Crippen LogP contribution in [0.4, 0.5) is 13.6 Å². The molecule has 0 amide bonds. The molecule has 1 aromatic heterocycles. The van der Waals surface area contributed by atoms with Gasteiger partial charge in [0.1, 0.15) is 11.4 Å². The largest absolute Gasteiger partial charge is 0.496 e. The highest BCUT2D eigenvalue weighted by atomic mass is 19.3. The van der Waals surface area contributed by atoms with E-state index in [4.69, 9.17) is 14.2 Å². The molecule has 2 fully saturated rings. The molecule has 214 valence electrons. The van der Waals surface area contributed by atoms with Gasteiger partial charge in [0.05, 0.1) is 25.3 Å². The molecule has 1 saturated carbocycles. The predicted molar refractivity (Wildman–Crippen MR) is 147 cm³/mol. The Labute approximate surface area is 233 Å². The second kappa shape index (κ2) is 9.87. The maximum Gasteiger partial charge on any atom is 0.419 e. The summed E-state index contributed by atoms with van der Waals surface area (Å²) in [5.41, 5.74) is 2.08. The van der Waals surface area contributed by atoms with Gasteiger partial charge in [-0.15, -0.1) is 0 Å². The van der Waals surface area contributed by atoms with Gasteiger partial charge < -0.3 is 14.2 Å². The van der Waals surface area contributed by atoms with Gasteiger partial charge in [-0.2, -0.15) is 0 Å². The Kier molecular flexibility index (Phi) is 6.93. The number of alkyl halides is 2. The number of esters is 1. The number of rotatable bonds is 5. The van der Waals surface area contributed by atoms with Crippen LogP contribution in [-0.4, -0.2) is 53.8 Å². The van der Waals surface area contributed by atoms with E-state index < -0.39 is 29.0 Å². The Bertz CT molecular complexity index is 1460. The van der Waals surface area contributed by atoms with Crippen LogP contribution < -0.4 is 4.74 Å². The quantitative estimate of drug-likeness (QED) is 0.320. The van der Waals surface area contributed by atoms with Crippen molar-refractivity contribution in [1.29, 1.82) is 0 Å². The summed E-state index contributed by atoms with van der Waals surface area (Å²) in [4.78, 5) is 27.2. The molecule has 2 aromatic carbocycles. The first-order valence-corrected chi connectivity index (χ1v) is 13.5. The molecule has 1 unspecified atom stereocenters. The number of ether oxygens (including phenoxy) is 3. The number of methoxy groups -OCH3 is 2. The van der Waals surface area contributed by atoms with E-state index in [1.54, 1.807) is 25.4 Å². The summed E-state index contributed by atoms with van der Waals surface area (Å²) < 4.78 is 46.8. The lowest BCUT2D eigenvalue weighted by atomic mass is 9.83. The van der Waals surface area contributed by atoms with Gasteiger partial charge in [-0.05, 0) is 82.5 Å². The maximum absolute atomic E-state index is 14.6. The number of likely N-dealkylation sites (tertiary alicyclic amines) is 1. The minimum atomic E-state index is -2.66. The first-order chi connectivity index (χ1) is 18.8. The lowest BCUT2D eigenvalue weighted by molar-refractivity contribution is 0.00631. The van der Waals surface area contributed by atoms with Gasteiger partial charge in [-0.25, -0.2) is 18.4 Å². The van der Waals surface area contributed by atoms with Gasteiger partial charge in [0, 0.05) is 41.6 Å². The molecule has 1 spiro atoms. The van der Waals surface area contributed by atoms with E-state index in [0.717, 1.165) is 27.6 Å². The SMILES string of the molecule is COC(=O)c1ccc([C@@H]2CC3(CCN2Cc2c(OC)cc(C)c4c2ccn4C(=O)OC(C)(C)C)CC3(F)F)cc1. The van der Waals surface area contributed by atoms with E-state index in [9.17, 15) is 18.4 Å². The van der Waals surface area contributed by atoms with Gasteiger partial charge in [-0.3, -0.25) is 9.47 Å². The van der Waals surface area contributed by atoms with Crippen molar-refractivity contribution in [3.05, 3.63) is 64.8 Å². The monoisotopic (exact) mass is 554 g/mol. The number of piperidine rings is 1. The fraction of sp³-hybridized carbons (Fsp3) is 0.484. The topological polar surface area (TPSA) is 70.0 Å². The fourth-order valence-corrected chi connectivity index (χ4v) is 6.04. The first-order valence-electron chi connectivity index (χ1n) is 13.5. The summed E-state index contributed by atoms with van der Waals surface area (Å²) >= 11 is 0. The maximum atomic E-state index is 14.6. The second-order valence-corrected chi connectivity index (χ2v) is 12.0. The van der Waals surface area contributed by atoms with Crippen LogP contribution in [-0.2, 0) is 16.0 Å². The minimum Gasteiger partial charge on any atom is -0.496 e. The summed E-state index contributed by atoms with van der Waals surface area (Å²) in [5.74, 6) is -2.44. The van der Waals surface area contributed by atoms with Crippen LogP contribution in [0.15, 0.2) is 42.6 Å². The molecule has 1 saturated heterocycles. The van der Waals surface area contributed by atoms with E-state index in [2.05, 4.69) is 4.90 Å². The zero-order valence-corrected chi connectivity index (χ0v) is 23.8. The van der Waals surface area contributed by atoms with Crippen molar-refractivity contribution in [3.8, 4) is 5.75 Å². The third-order valence-corrected chi connectivity index (χ3v) is 8.23. The Morgan fingerprint density at radius 1 is 1.10 bits per heavy atom. The van der Waals surface area contributed by atoms with Crippen LogP contribution in [0.5, 0.6) is 5.75 Å². The first kappa shape index (κ1) is 28.1. The summed E-state index contributed by atoms with van der Waals surface area (Å²) in [6.07, 6.45) is 1.84. The highest BCUT2D eigenvalue weighted by molar-refractivity contribution is 5.95. The van der Waals surface area contributed by atoms with E-state index in [0.29, 0.717) is 37.2 Å². The highest BCUT2D eigenvalue weighted by Gasteiger charge is 2.71. The Hall–Kier alpha value is -3.46. The summed E-state index contributed by atoms with van der Waals surface area (Å²) in [6.45, 7) is 8.29. The van der Waals surface area contributed by atoms with Crippen molar-refractivity contribution in [3.63, 3.8) is 0 Å². The smallest absolute Gasteiger partial charge is 0.419 e. The van der Waals surface area contributed by atoms with Crippen LogP contribution in [0.3, 0.4) is 0 Å². The molecule has 2 heterocycles. The number of carbonyl (C=O) groups excluding carboxylic acids is 2. The number of aromatic nitrogens is 1. The Morgan fingerprint density at radius 3 is 2.35 bits per heavy atom. The third kappa shape index (κ3) is 4.96. The van der Waals surface area contributed by atoms with Crippen LogP contribution in [0.1, 0.15) is 73.1 Å². The number of aryl methyl sites for hydroxylation is 1. The average molecular weight is 555 g/mol. The molecule has 2 atom stereocenters. The fourth-order valence-electron chi connectivity index (χ4n) is 6.04. The standard InChI is InChI=1S/C31H36F2N2O5/c1-19-15-25(38-5)23(22-11-13-35(26(19)22)28(37)40-29(2,3)4)17-34-14-12-30(18-31(30,32)33)16-24(34)20-7-9-21(10-8-20)27(36)39-6/h7-11,13,15,24H,12,14,16-18H2,1-6H3/t24-,30?/m0/s1. The highest BCUT2D eigenvalue weighted by Crippen LogP contribution is 2.68. The second-order valence-electron chi connectivity index (χ2n) is 12.0. The zero-order chi connectivity index (χ0) is 29.0.